The molecule has 2 saturated carbocycles. The number of anilines is 2. The van der Waals surface area contributed by atoms with Crippen LogP contribution in [0.25, 0.3) is 10.9 Å². The number of aliphatic hydroxyl groups is 2. The van der Waals surface area contributed by atoms with Crippen LogP contribution >= 0.6 is 0 Å². The Hall–Kier alpha value is -2.90. The molecule has 0 radical (unpaired) electrons. The molecule has 3 aromatic rings. The first-order valence-corrected chi connectivity index (χ1v) is 10.6. The third-order valence-corrected chi connectivity index (χ3v) is 7.96. The number of carbonyl (C=O) groups excluding carboxylic acids is 1. The highest BCUT2D eigenvalue weighted by Gasteiger charge is 2.62. The molecule has 7 nitrogen and oxygen atoms in total. The lowest BCUT2D eigenvalue weighted by Crippen LogP contribution is -2.46. The lowest BCUT2D eigenvalue weighted by Gasteiger charge is -2.46. The minimum Gasteiger partial charge on any atom is -0.390 e. The summed E-state index contributed by atoms with van der Waals surface area (Å²) in [5.74, 6) is 0.343. The molecule has 3 unspecified atom stereocenters. The van der Waals surface area contributed by atoms with Gasteiger partial charge in [-0.1, -0.05) is 6.07 Å². The number of nitrogens with one attached hydrogen (secondary N) is 3. The highest BCUT2D eigenvalue weighted by molar-refractivity contribution is 6.00. The molecule has 0 spiro atoms. The minimum atomic E-state index is -0.708. The van der Waals surface area contributed by atoms with E-state index in [1.54, 1.807) is 0 Å². The predicted octanol–water partition coefficient (Wildman–Crippen LogP) is 2.30. The molecule has 0 saturated heterocycles. The molecule has 5 N–H and O–H groups in total. The van der Waals surface area contributed by atoms with Gasteiger partial charge in [0.1, 0.15) is 0 Å². The number of H-pyrrole nitrogens is 1. The van der Waals surface area contributed by atoms with E-state index < -0.39 is 12.2 Å². The fourth-order valence-electron chi connectivity index (χ4n) is 6.81. The van der Waals surface area contributed by atoms with Crippen LogP contribution in [0.15, 0.2) is 36.5 Å². The molecule has 7 heteroatoms. The molecule has 2 fully saturated rings. The quantitative estimate of drug-likeness (QED) is 0.429. The van der Waals surface area contributed by atoms with Gasteiger partial charge in [0.2, 0.25) is 5.91 Å². The van der Waals surface area contributed by atoms with Crippen molar-refractivity contribution in [1.82, 2.24) is 10.2 Å². The number of rotatable bonds is 1. The van der Waals surface area contributed by atoms with E-state index in [0.717, 1.165) is 45.4 Å². The van der Waals surface area contributed by atoms with Crippen LogP contribution in [0.2, 0.25) is 0 Å². The topological polar surface area (TPSA) is 110 Å². The van der Waals surface area contributed by atoms with Gasteiger partial charge < -0.3 is 20.8 Å². The maximum absolute atomic E-state index is 12.1. The highest BCUT2D eigenvalue weighted by atomic mass is 16.3. The van der Waals surface area contributed by atoms with Gasteiger partial charge in [-0.2, -0.15) is 5.10 Å². The summed E-state index contributed by atoms with van der Waals surface area (Å²) in [5, 5.41) is 36.4. The predicted molar refractivity (Wildman–Crippen MR) is 111 cm³/mol. The number of nitrogens with zero attached hydrogens (tertiary/aromatic N) is 1. The summed E-state index contributed by atoms with van der Waals surface area (Å²) in [6.45, 7) is 0. The van der Waals surface area contributed by atoms with E-state index in [4.69, 9.17) is 0 Å². The van der Waals surface area contributed by atoms with E-state index in [0.29, 0.717) is 6.42 Å². The standard InChI is InChI=1S/C23H22N4O3/c28-17-7-11-15(25-17)3-4-16-18(11)19-12-6-13(23(30)22(12)29)20(19)21(26-16)9-1-2-14-10(5-9)8-24-27-14/h1-5,8,12-13,19-23,26,29-30H,6-7H2,(H,24,27)(H,25,28)/t12?,13?,19-,20-,21?,22-,23+/m1/s1. The van der Waals surface area contributed by atoms with E-state index in [9.17, 15) is 15.0 Å². The Kier molecular flexibility index (Phi) is 3.16. The first kappa shape index (κ1) is 16.8. The fraction of sp³-hybridized carbons (Fsp3) is 0.391. The maximum Gasteiger partial charge on any atom is 0.228 e. The van der Waals surface area contributed by atoms with Gasteiger partial charge >= 0.3 is 0 Å². The molecular formula is C23H22N4O3. The molecule has 3 heterocycles. The van der Waals surface area contributed by atoms with Crippen LogP contribution in [0.5, 0.6) is 0 Å². The van der Waals surface area contributed by atoms with Gasteiger partial charge in [0.05, 0.1) is 36.4 Å². The number of fused-ring (bicyclic) bond motifs is 10. The second-order valence-electron chi connectivity index (χ2n) is 9.26. The summed E-state index contributed by atoms with van der Waals surface area (Å²) in [6.07, 6.45) is 1.62. The summed E-state index contributed by atoms with van der Waals surface area (Å²) in [5.41, 5.74) is 6.30. The third kappa shape index (κ3) is 2.01. The molecule has 4 aliphatic rings. The van der Waals surface area contributed by atoms with Crippen molar-refractivity contribution in [3.05, 3.63) is 53.2 Å². The van der Waals surface area contributed by atoms with Crippen LogP contribution in [0, 0.1) is 17.8 Å². The van der Waals surface area contributed by atoms with Crippen molar-refractivity contribution < 1.29 is 15.0 Å². The zero-order valence-corrected chi connectivity index (χ0v) is 16.2. The average Bonchev–Trinajstić information content (AvgIpc) is 3.50. The first-order chi connectivity index (χ1) is 14.6. The summed E-state index contributed by atoms with van der Waals surface area (Å²) in [7, 11) is 0. The van der Waals surface area contributed by atoms with Gasteiger partial charge in [0.25, 0.3) is 0 Å². The Morgan fingerprint density at radius 3 is 2.77 bits per heavy atom. The Morgan fingerprint density at radius 1 is 1.03 bits per heavy atom. The number of aromatic nitrogens is 2. The first-order valence-electron chi connectivity index (χ1n) is 10.6. The van der Waals surface area contributed by atoms with Gasteiger partial charge in [-0.25, -0.2) is 0 Å². The number of hydrogen-bond acceptors (Lipinski definition) is 5. The number of amides is 1. The Balaban J connectivity index is 1.42. The summed E-state index contributed by atoms with van der Waals surface area (Å²) in [6, 6.07) is 10.4. The lowest BCUT2D eigenvalue weighted by atomic mass is 9.65. The number of hydrogen-bond donors (Lipinski definition) is 5. The van der Waals surface area contributed by atoms with E-state index in [1.165, 1.54) is 0 Å². The zero-order chi connectivity index (χ0) is 20.1. The van der Waals surface area contributed by atoms with Crippen LogP contribution in [-0.4, -0.2) is 38.5 Å². The molecule has 1 aromatic heterocycles. The molecular weight excluding hydrogens is 380 g/mol. The van der Waals surface area contributed by atoms with Gasteiger partial charge in [-0.15, -0.1) is 0 Å². The SMILES string of the molecule is O=C1Cc2c(ccc3c2[C@H]2C4CC([C@H]2C(c2ccc5[nH]ncc5c2)N3)[C@H](O)[C@@H]4O)N1. The second kappa shape index (κ2) is 5.62. The van der Waals surface area contributed by atoms with Crippen molar-refractivity contribution in [1.29, 1.82) is 0 Å². The highest BCUT2D eigenvalue weighted by Crippen LogP contribution is 2.64. The second-order valence-corrected chi connectivity index (χ2v) is 9.26. The molecule has 7 atom stereocenters. The number of benzene rings is 2. The smallest absolute Gasteiger partial charge is 0.228 e. The monoisotopic (exact) mass is 402 g/mol. The van der Waals surface area contributed by atoms with Gasteiger partial charge in [0, 0.05) is 16.8 Å². The fourth-order valence-corrected chi connectivity index (χ4v) is 6.81. The minimum absolute atomic E-state index is 0.0122. The molecule has 30 heavy (non-hydrogen) atoms. The van der Waals surface area contributed by atoms with Crippen molar-refractivity contribution in [3.63, 3.8) is 0 Å². The van der Waals surface area contributed by atoms with Crippen molar-refractivity contribution in [3.8, 4) is 0 Å². The number of aliphatic hydroxyl groups excluding tert-OH is 2. The van der Waals surface area contributed by atoms with Crippen LogP contribution in [-0.2, 0) is 11.2 Å². The summed E-state index contributed by atoms with van der Waals surface area (Å²) in [4.78, 5) is 12.1. The molecule has 7 rings (SSSR count). The van der Waals surface area contributed by atoms with Gasteiger partial charge in [0.15, 0.2) is 0 Å². The lowest BCUT2D eigenvalue weighted by molar-refractivity contribution is -0.115. The normalized spacial score (nSPS) is 35.7. The van der Waals surface area contributed by atoms with Crippen molar-refractivity contribution in [2.75, 3.05) is 10.6 Å². The molecule has 1 amide bonds. The van der Waals surface area contributed by atoms with Crippen LogP contribution < -0.4 is 10.6 Å². The largest absolute Gasteiger partial charge is 0.390 e. The van der Waals surface area contributed by atoms with E-state index >= 15 is 0 Å². The van der Waals surface area contributed by atoms with Crippen molar-refractivity contribution in [2.45, 2.75) is 37.0 Å². The van der Waals surface area contributed by atoms with E-state index in [1.807, 2.05) is 24.4 Å². The Bertz CT molecular complexity index is 1220. The van der Waals surface area contributed by atoms with Crippen LogP contribution in [0.3, 0.4) is 0 Å². The zero-order valence-electron chi connectivity index (χ0n) is 16.2. The van der Waals surface area contributed by atoms with Crippen molar-refractivity contribution >= 4 is 28.2 Å². The Labute approximate surface area is 172 Å². The average molecular weight is 402 g/mol. The van der Waals surface area contributed by atoms with E-state index in [-0.39, 0.29) is 35.6 Å². The molecule has 152 valence electrons. The van der Waals surface area contributed by atoms with Gasteiger partial charge in [-0.05, 0) is 71.0 Å². The van der Waals surface area contributed by atoms with E-state index in [2.05, 4.69) is 33.0 Å². The third-order valence-electron chi connectivity index (χ3n) is 7.96. The molecule has 2 bridgehead atoms. The molecule has 2 aromatic carbocycles. The molecule has 2 aliphatic carbocycles. The van der Waals surface area contributed by atoms with Crippen molar-refractivity contribution in [2.24, 2.45) is 17.8 Å². The number of carbonyl (C=O) groups is 1. The molecule has 2 aliphatic heterocycles. The summed E-state index contributed by atoms with van der Waals surface area (Å²) < 4.78 is 0. The Morgan fingerprint density at radius 2 is 1.87 bits per heavy atom. The maximum atomic E-state index is 12.1. The van der Waals surface area contributed by atoms with Crippen LogP contribution in [0.1, 0.15) is 35.1 Å². The van der Waals surface area contributed by atoms with Crippen LogP contribution in [0.4, 0.5) is 11.4 Å². The number of aromatic amines is 1. The summed E-state index contributed by atoms with van der Waals surface area (Å²) >= 11 is 0. The van der Waals surface area contributed by atoms with Gasteiger partial charge in [-0.3, -0.25) is 9.89 Å².